The molecule has 0 unspecified atom stereocenters. The molecule has 1 N–H and O–H groups in total. The van der Waals surface area contributed by atoms with Crippen LogP contribution in [-0.4, -0.2) is 27.1 Å². The standard InChI is InChI=1S/C24H21F3N2O5S/c1-16(28-29-23(30)15-17-6-5-7-19(14-17)33-2)21-8-3-4-9-22(21)34-35(31,32)20-12-10-18(11-13-20)24(25,26)27/h3-14H,15H2,1-2H3,(H,29,30). The van der Waals surface area contributed by atoms with Crippen molar-refractivity contribution in [3.63, 3.8) is 0 Å². The van der Waals surface area contributed by atoms with Crippen LogP contribution in [0.15, 0.2) is 82.8 Å². The van der Waals surface area contributed by atoms with Gasteiger partial charge >= 0.3 is 16.3 Å². The number of methoxy groups -OCH3 is 1. The Morgan fingerprint density at radius 3 is 2.34 bits per heavy atom. The van der Waals surface area contributed by atoms with Gasteiger partial charge in [-0.2, -0.15) is 26.7 Å². The summed E-state index contributed by atoms with van der Waals surface area (Å²) in [6, 6.07) is 16.0. The van der Waals surface area contributed by atoms with E-state index >= 15 is 0 Å². The summed E-state index contributed by atoms with van der Waals surface area (Å²) in [5.74, 6) is 0.0967. The number of nitrogens with zero attached hydrogens (tertiary/aromatic N) is 1. The summed E-state index contributed by atoms with van der Waals surface area (Å²) in [6.45, 7) is 1.54. The zero-order valence-corrected chi connectivity index (χ0v) is 19.5. The van der Waals surface area contributed by atoms with Gasteiger partial charge in [-0.3, -0.25) is 4.79 Å². The van der Waals surface area contributed by atoms with Crippen LogP contribution in [0, 0.1) is 0 Å². The average molecular weight is 507 g/mol. The summed E-state index contributed by atoms with van der Waals surface area (Å²) in [4.78, 5) is 11.8. The summed E-state index contributed by atoms with van der Waals surface area (Å²) >= 11 is 0. The average Bonchev–Trinajstić information content (AvgIpc) is 2.82. The molecule has 0 heterocycles. The molecule has 3 aromatic rings. The maximum absolute atomic E-state index is 12.8. The molecule has 0 saturated carbocycles. The molecular formula is C24H21F3N2O5S. The Labute approximate surface area is 200 Å². The molecule has 0 bridgehead atoms. The van der Waals surface area contributed by atoms with Gasteiger partial charge in [-0.1, -0.05) is 24.3 Å². The molecule has 11 heteroatoms. The van der Waals surface area contributed by atoms with Crippen LogP contribution in [0.4, 0.5) is 13.2 Å². The number of hydrazone groups is 1. The van der Waals surface area contributed by atoms with E-state index in [1.54, 1.807) is 37.3 Å². The van der Waals surface area contributed by atoms with Gasteiger partial charge in [-0.05, 0) is 61.0 Å². The molecule has 35 heavy (non-hydrogen) atoms. The van der Waals surface area contributed by atoms with E-state index < -0.39 is 32.7 Å². The summed E-state index contributed by atoms with van der Waals surface area (Å²) < 4.78 is 73.9. The number of alkyl halides is 3. The van der Waals surface area contributed by atoms with Crippen LogP contribution in [0.3, 0.4) is 0 Å². The van der Waals surface area contributed by atoms with E-state index in [0.29, 0.717) is 23.4 Å². The predicted octanol–water partition coefficient (Wildman–Crippen LogP) is 4.56. The quantitative estimate of drug-likeness (QED) is 0.275. The monoisotopic (exact) mass is 506 g/mol. The minimum absolute atomic E-state index is 0.0361. The van der Waals surface area contributed by atoms with Crippen LogP contribution >= 0.6 is 0 Å². The Kier molecular flexibility index (Phi) is 7.80. The second-order valence-electron chi connectivity index (χ2n) is 7.32. The lowest BCUT2D eigenvalue weighted by Crippen LogP contribution is -2.21. The maximum Gasteiger partial charge on any atom is 0.416 e. The smallest absolute Gasteiger partial charge is 0.416 e. The molecule has 184 valence electrons. The molecule has 0 fully saturated rings. The lowest BCUT2D eigenvalue weighted by atomic mass is 10.1. The fraction of sp³-hybridized carbons (Fsp3) is 0.167. The van der Waals surface area contributed by atoms with E-state index in [2.05, 4.69) is 10.5 Å². The molecule has 0 saturated heterocycles. The number of para-hydroxylation sites is 1. The van der Waals surface area contributed by atoms with Crippen LogP contribution in [0.25, 0.3) is 0 Å². The molecule has 0 radical (unpaired) electrons. The number of nitrogens with one attached hydrogen (secondary N) is 1. The van der Waals surface area contributed by atoms with Crippen molar-refractivity contribution in [3.05, 3.63) is 89.5 Å². The summed E-state index contributed by atoms with van der Waals surface area (Å²) in [7, 11) is -2.91. The Balaban J connectivity index is 1.75. The molecule has 1 amide bonds. The van der Waals surface area contributed by atoms with E-state index in [-0.39, 0.29) is 23.4 Å². The lowest BCUT2D eigenvalue weighted by molar-refractivity contribution is -0.137. The van der Waals surface area contributed by atoms with Gasteiger partial charge in [0.15, 0.2) is 5.75 Å². The zero-order chi connectivity index (χ0) is 25.6. The third-order valence-corrected chi connectivity index (χ3v) is 6.04. The fourth-order valence-electron chi connectivity index (χ4n) is 3.03. The van der Waals surface area contributed by atoms with Gasteiger partial charge in [0.2, 0.25) is 5.91 Å². The normalized spacial score (nSPS) is 12.2. The number of carbonyl (C=O) groups is 1. The third-order valence-electron chi connectivity index (χ3n) is 4.79. The third kappa shape index (κ3) is 6.82. The van der Waals surface area contributed by atoms with Gasteiger partial charge < -0.3 is 8.92 Å². The van der Waals surface area contributed by atoms with Gasteiger partial charge in [-0.25, -0.2) is 5.43 Å². The topological polar surface area (TPSA) is 94.1 Å². The molecule has 0 spiro atoms. The molecule has 0 aliphatic carbocycles. The van der Waals surface area contributed by atoms with Gasteiger partial charge in [-0.15, -0.1) is 0 Å². The van der Waals surface area contributed by atoms with Crippen LogP contribution < -0.4 is 14.3 Å². The summed E-state index contributed by atoms with van der Waals surface area (Å²) in [6.07, 6.45) is -4.56. The lowest BCUT2D eigenvalue weighted by Gasteiger charge is -2.12. The highest BCUT2D eigenvalue weighted by molar-refractivity contribution is 7.87. The predicted molar refractivity (Wildman–Crippen MR) is 123 cm³/mol. The molecule has 0 aromatic heterocycles. The number of hydrogen-bond acceptors (Lipinski definition) is 6. The van der Waals surface area contributed by atoms with Crippen molar-refractivity contribution < 1.29 is 35.3 Å². The van der Waals surface area contributed by atoms with Crippen molar-refractivity contribution in [2.45, 2.75) is 24.4 Å². The largest absolute Gasteiger partial charge is 0.497 e. The summed E-state index contributed by atoms with van der Waals surface area (Å²) in [5.41, 5.74) is 2.65. The van der Waals surface area contributed by atoms with E-state index in [1.807, 2.05) is 0 Å². The van der Waals surface area contributed by atoms with E-state index in [9.17, 15) is 26.4 Å². The molecule has 3 rings (SSSR count). The molecule has 0 atom stereocenters. The number of carbonyl (C=O) groups excluding carboxylic acids is 1. The van der Waals surface area contributed by atoms with Crippen molar-refractivity contribution in [1.82, 2.24) is 5.43 Å². The van der Waals surface area contributed by atoms with Crippen LogP contribution in [-0.2, 0) is 27.5 Å². The molecule has 7 nitrogen and oxygen atoms in total. The molecule has 0 aliphatic rings. The maximum atomic E-state index is 12.8. The number of ether oxygens (including phenoxy) is 1. The van der Waals surface area contributed by atoms with Crippen molar-refractivity contribution in [2.24, 2.45) is 5.10 Å². The Bertz CT molecular complexity index is 1340. The van der Waals surface area contributed by atoms with Crippen molar-refractivity contribution in [2.75, 3.05) is 7.11 Å². The van der Waals surface area contributed by atoms with Gasteiger partial charge in [0, 0.05) is 5.56 Å². The molecule has 0 aliphatic heterocycles. The highest BCUT2D eigenvalue weighted by Gasteiger charge is 2.31. The van der Waals surface area contributed by atoms with Crippen molar-refractivity contribution >= 4 is 21.7 Å². The second-order valence-corrected chi connectivity index (χ2v) is 8.86. The Hall–Kier alpha value is -3.86. The van der Waals surface area contributed by atoms with Gasteiger partial charge in [0.05, 0.1) is 24.8 Å². The highest BCUT2D eigenvalue weighted by Crippen LogP contribution is 2.30. The number of rotatable bonds is 8. The van der Waals surface area contributed by atoms with E-state index in [4.69, 9.17) is 8.92 Å². The first kappa shape index (κ1) is 25.8. The summed E-state index contributed by atoms with van der Waals surface area (Å²) in [5, 5.41) is 4.02. The zero-order valence-electron chi connectivity index (χ0n) is 18.7. The molecular weight excluding hydrogens is 485 g/mol. The van der Waals surface area contributed by atoms with Crippen LogP contribution in [0.5, 0.6) is 11.5 Å². The Morgan fingerprint density at radius 2 is 1.69 bits per heavy atom. The first-order valence-corrected chi connectivity index (χ1v) is 11.6. The van der Waals surface area contributed by atoms with Crippen LogP contribution in [0.2, 0.25) is 0 Å². The number of hydrogen-bond donors (Lipinski definition) is 1. The fourth-order valence-corrected chi connectivity index (χ4v) is 3.98. The number of benzene rings is 3. The van der Waals surface area contributed by atoms with Gasteiger partial charge in [0.25, 0.3) is 0 Å². The van der Waals surface area contributed by atoms with E-state index in [0.717, 1.165) is 12.1 Å². The highest BCUT2D eigenvalue weighted by atomic mass is 32.2. The number of amides is 1. The Morgan fingerprint density at radius 1 is 1.00 bits per heavy atom. The first-order valence-electron chi connectivity index (χ1n) is 10.2. The first-order chi connectivity index (χ1) is 16.5. The van der Waals surface area contributed by atoms with E-state index in [1.165, 1.54) is 25.3 Å². The second kappa shape index (κ2) is 10.6. The molecule has 3 aromatic carbocycles. The SMILES string of the molecule is COc1cccc(CC(=O)NN=C(C)c2ccccc2OS(=O)(=O)c2ccc(C(F)(F)F)cc2)c1. The van der Waals surface area contributed by atoms with Gasteiger partial charge in [0.1, 0.15) is 10.6 Å². The van der Waals surface area contributed by atoms with Crippen LogP contribution in [0.1, 0.15) is 23.6 Å². The minimum atomic E-state index is -4.60. The minimum Gasteiger partial charge on any atom is -0.497 e. The number of halogens is 3. The van der Waals surface area contributed by atoms with Crippen molar-refractivity contribution in [3.8, 4) is 11.5 Å². The van der Waals surface area contributed by atoms with Crippen molar-refractivity contribution in [1.29, 1.82) is 0 Å².